The van der Waals surface area contributed by atoms with Gasteiger partial charge in [-0.1, -0.05) is 0 Å². The molecule has 3 rings (SSSR count). The van der Waals surface area contributed by atoms with Crippen LogP contribution in [0.4, 0.5) is 0 Å². The lowest BCUT2D eigenvalue weighted by atomic mass is 10.1. The van der Waals surface area contributed by atoms with Crippen molar-refractivity contribution in [1.82, 2.24) is 19.6 Å². The molecule has 5 heteroatoms. The molecule has 2 saturated heterocycles. The Kier molecular flexibility index (Phi) is 4.38. The fourth-order valence-corrected chi connectivity index (χ4v) is 3.68. The van der Waals surface area contributed by atoms with Gasteiger partial charge in [0.15, 0.2) is 0 Å². The number of nitrogens with zero attached hydrogens (tertiary/aromatic N) is 4. The Hall–Kier alpha value is -0.910. The molecule has 2 aliphatic rings. The summed E-state index contributed by atoms with van der Waals surface area (Å²) in [6, 6.07) is 1.08. The predicted octanol–water partition coefficient (Wildman–Crippen LogP) is 1.07. The van der Waals surface area contributed by atoms with Gasteiger partial charge < -0.3 is 5.73 Å². The lowest BCUT2D eigenvalue weighted by Gasteiger charge is -2.28. The van der Waals surface area contributed by atoms with Crippen molar-refractivity contribution in [3.63, 3.8) is 0 Å². The highest BCUT2D eigenvalue weighted by molar-refractivity contribution is 5.12. The van der Waals surface area contributed by atoms with Crippen LogP contribution in [0.25, 0.3) is 0 Å². The van der Waals surface area contributed by atoms with Crippen molar-refractivity contribution < 1.29 is 0 Å². The molecule has 0 aromatic carbocycles. The van der Waals surface area contributed by atoms with Crippen molar-refractivity contribution in [2.75, 3.05) is 32.7 Å². The lowest BCUT2D eigenvalue weighted by Crippen LogP contribution is -2.37. The topological polar surface area (TPSA) is 50.3 Å². The van der Waals surface area contributed by atoms with Crippen LogP contribution in [0.3, 0.4) is 0 Å². The Labute approximate surface area is 121 Å². The number of nitrogens with two attached hydrogens (primary N) is 1. The van der Waals surface area contributed by atoms with Gasteiger partial charge >= 0.3 is 0 Å². The van der Waals surface area contributed by atoms with Gasteiger partial charge in [0.1, 0.15) is 0 Å². The number of likely N-dealkylation sites (tertiary alicyclic amines) is 2. The van der Waals surface area contributed by atoms with Gasteiger partial charge in [-0.2, -0.15) is 5.10 Å². The molecule has 0 bridgehead atoms. The molecule has 5 nitrogen and oxygen atoms in total. The van der Waals surface area contributed by atoms with Gasteiger partial charge in [-0.15, -0.1) is 0 Å². The third-order valence-corrected chi connectivity index (χ3v) is 4.88. The first-order valence-electron chi connectivity index (χ1n) is 8.02. The summed E-state index contributed by atoms with van der Waals surface area (Å²) in [5.41, 5.74) is 7.32. The molecule has 2 aliphatic heterocycles. The molecular weight excluding hydrogens is 250 g/mol. The molecular formula is C15H27N5. The highest BCUT2D eigenvalue weighted by atomic mass is 15.3. The van der Waals surface area contributed by atoms with Crippen LogP contribution in [0.2, 0.25) is 0 Å². The van der Waals surface area contributed by atoms with Crippen LogP contribution in [0.5, 0.6) is 0 Å². The molecule has 0 radical (unpaired) electrons. The highest BCUT2D eigenvalue weighted by Gasteiger charge is 2.33. The van der Waals surface area contributed by atoms with Crippen LogP contribution in [0.1, 0.15) is 37.8 Å². The van der Waals surface area contributed by atoms with E-state index in [4.69, 9.17) is 5.73 Å². The average molecular weight is 277 g/mol. The first kappa shape index (κ1) is 14.0. The maximum atomic E-state index is 6.04. The fraction of sp³-hybridized carbons (Fsp3) is 0.800. The van der Waals surface area contributed by atoms with Crippen LogP contribution in [0, 0.1) is 0 Å². The number of hydrogen-bond acceptors (Lipinski definition) is 4. The Morgan fingerprint density at radius 1 is 1.35 bits per heavy atom. The number of rotatable bonds is 5. The van der Waals surface area contributed by atoms with Gasteiger partial charge in [0, 0.05) is 44.0 Å². The van der Waals surface area contributed by atoms with E-state index in [1.54, 1.807) is 0 Å². The van der Waals surface area contributed by atoms with E-state index in [0.29, 0.717) is 12.6 Å². The molecule has 2 unspecified atom stereocenters. The second kappa shape index (κ2) is 6.24. The van der Waals surface area contributed by atoms with Crippen molar-refractivity contribution in [3.8, 4) is 0 Å². The van der Waals surface area contributed by atoms with E-state index in [1.807, 2.05) is 10.9 Å². The molecule has 1 aromatic rings. The summed E-state index contributed by atoms with van der Waals surface area (Å²) in [7, 11) is 0. The van der Waals surface area contributed by atoms with E-state index in [-0.39, 0.29) is 0 Å². The zero-order chi connectivity index (χ0) is 13.9. The zero-order valence-electron chi connectivity index (χ0n) is 12.5. The van der Waals surface area contributed by atoms with Crippen molar-refractivity contribution in [2.45, 2.75) is 44.8 Å². The second-order valence-electron chi connectivity index (χ2n) is 6.06. The van der Waals surface area contributed by atoms with Crippen molar-refractivity contribution in [1.29, 1.82) is 0 Å². The second-order valence-corrected chi connectivity index (χ2v) is 6.06. The van der Waals surface area contributed by atoms with Crippen LogP contribution in [-0.4, -0.2) is 58.3 Å². The van der Waals surface area contributed by atoms with Gasteiger partial charge in [-0.25, -0.2) is 0 Å². The molecule has 2 N–H and O–H groups in total. The molecule has 0 spiro atoms. The summed E-state index contributed by atoms with van der Waals surface area (Å²) >= 11 is 0. The molecule has 1 aromatic heterocycles. The monoisotopic (exact) mass is 277 g/mol. The Bertz CT molecular complexity index is 424. The smallest absolute Gasteiger partial charge is 0.0538 e. The molecule has 20 heavy (non-hydrogen) atoms. The maximum Gasteiger partial charge on any atom is 0.0538 e. The van der Waals surface area contributed by atoms with Crippen LogP contribution >= 0.6 is 0 Å². The van der Waals surface area contributed by atoms with Crippen LogP contribution in [0.15, 0.2) is 12.4 Å². The summed E-state index contributed by atoms with van der Waals surface area (Å²) in [6.07, 6.45) is 8.18. The highest BCUT2D eigenvalue weighted by Crippen LogP contribution is 2.27. The number of aromatic nitrogens is 2. The Morgan fingerprint density at radius 2 is 2.15 bits per heavy atom. The minimum Gasteiger partial charge on any atom is -0.329 e. The average Bonchev–Trinajstić information content (AvgIpc) is 3.21. The van der Waals surface area contributed by atoms with Crippen molar-refractivity contribution in [2.24, 2.45) is 5.73 Å². The van der Waals surface area contributed by atoms with Gasteiger partial charge in [0.05, 0.1) is 12.2 Å². The van der Waals surface area contributed by atoms with Gasteiger partial charge in [-0.3, -0.25) is 14.5 Å². The van der Waals surface area contributed by atoms with Crippen LogP contribution in [-0.2, 0) is 6.54 Å². The first-order chi connectivity index (χ1) is 9.81. The van der Waals surface area contributed by atoms with E-state index < -0.39 is 0 Å². The summed E-state index contributed by atoms with van der Waals surface area (Å²) < 4.78 is 1.99. The standard InChI is InChI=1S/C15H27N5/c1-2-20-11-13(10-17-20)15(9-16)19-8-5-14(12-19)18-6-3-4-7-18/h10-11,14-15H,2-9,12,16H2,1H3. The molecule has 2 atom stereocenters. The quantitative estimate of drug-likeness (QED) is 0.875. The Balaban J connectivity index is 1.64. The Morgan fingerprint density at radius 3 is 2.80 bits per heavy atom. The molecule has 0 saturated carbocycles. The molecule has 0 amide bonds. The fourth-order valence-electron chi connectivity index (χ4n) is 3.68. The van der Waals surface area contributed by atoms with Crippen molar-refractivity contribution in [3.05, 3.63) is 18.0 Å². The zero-order valence-corrected chi connectivity index (χ0v) is 12.5. The van der Waals surface area contributed by atoms with E-state index in [1.165, 1.54) is 51.0 Å². The minimum absolute atomic E-state index is 0.336. The van der Waals surface area contributed by atoms with E-state index in [2.05, 4.69) is 28.0 Å². The van der Waals surface area contributed by atoms with Gasteiger partial charge in [-0.05, 0) is 39.3 Å². The maximum absolute atomic E-state index is 6.04. The minimum atomic E-state index is 0.336. The molecule has 112 valence electrons. The third-order valence-electron chi connectivity index (χ3n) is 4.88. The lowest BCUT2D eigenvalue weighted by molar-refractivity contribution is 0.203. The summed E-state index contributed by atoms with van der Waals surface area (Å²) in [5.74, 6) is 0. The van der Waals surface area contributed by atoms with E-state index in [9.17, 15) is 0 Å². The summed E-state index contributed by atoms with van der Waals surface area (Å²) in [6.45, 7) is 8.64. The molecule has 0 aliphatic carbocycles. The molecule has 3 heterocycles. The number of aryl methyl sites for hydroxylation is 1. The summed E-state index contributed by atoms with van der Waals surface area (Å²) in [5, 5.41) is 4.40. The predicted molar refractivity (Wildman–Crippen MR) is 80.5 cm³/mol. The summed E-state index contributed by atoms with van der Waals surface area (Å²) in [4.78, 5) is 5.23. The third kappa shape index (κ3) is 2.75. The largest absolute Gasteiger partial charge is 0.329 e. The van der Waals surface area contributed by atoms with Crippen molar-refractivity contribution >= 4 is 0 Å². The van der Waals surface area contributed by atoms with E-state index >= 15 is 0 Å². The molecule has 2 fully saturated rings. The van der Waals surface area contributed by atoms with Gasteiger partial charge in [0.2, 0.25) is 0 Å². The van der Waals surface area contributed by atoms with E-state index in [0.717, 1.165) is 12.6 Å². The number of hydrogen-bond donors (Lipinski definition) is 1. The van der Waals surface area contributed by atoms with Gasteiger partial charge in [0.25, 0.3) is 0 Å². The van der Waals surface area contributed by atoms with Crippen LogP contribution < -0.4 is 5.73 Å². The first-order valence-corrected chi connectivity index (χ1v) is 8.02. The SMILES string of the molecule is CCn1cc(C(CN)N2CCC(N3CCCC3)C2)cn1. The normalized spacial score (nSPS) is 26.4.